The molecule has 2 heterocycles. The summed E-state index contributed by atoms with van der Waals surface area (Å²) in [5.74, 6) is -0.711. The van der Waals surface area contributed by atoms with Gasteiger partial charge < -0.3 is 19.9 Å². The highest BCUT2D eigenvalue weighted by Crippen LogP contribution is 2.39. The topological polar surface area (TPSA) is 50.7 Å². The van der Waals surface area contributed by atoms with Crippen molar-refractivity contribution in [2.24, 2.45) is 0 Å². The minimum absolute atomic E-state index is 0.000923. The molecular weight excluding hydrogens is 206 g/mol. The van der Waals surface area contributed by atoms with Crippen molar-refractivity contribution in [3.8, 4) is 0 Å². The minimum atomic E-state index is -0.711. The van der Waals surface area contributed by atoms with Gasteiger partial charge in [-0.1, -0.05) is 30.3 Å². The number of nitrogens with one attached hydrogen (secondary N) is 1. The van der Waals surface area contributed by atoms with Crippen molar-refractivity contribution in [2.75, 3.05) is 19.7 Å². The maximum atomic E-state index is 9.24. The zero-order valence-corrected chi connectivity index (χ0v) is 8.93. The van der Waals surface area contributed by atoms with Gasteiger partial charge in [-0.05, 0) is 0 Å². The third-order valence-electron chi connectivity index (χ3n) is 3.19. The molecule has 2 aliphatic rings. The van der Waals surface area contributed by atoms with E-state index in [-0.39, 0.29) is 18.8 Å². The van der Waals surface area contributed by atoms with Crippen LogP contribution in [0.5, 0.6) is 0 Å². The van der Waals surface area contributed by atoms with Gasteiger partial charge in [-0.15, -0.1) is 0 Å². The van der Waals surface area contributed by atoms with Crippen molar-refractivity contribution in [1.82, 2.24) is 5.32 Å². The van der Waals surface area contributed by atoms with E-state index in [9.17, 15) is 5.11 Å². The summed E-state index contributed by atoms with van der Waals surface area (Å²) in [5, 5.41) is 12.5. The summed E-state index contributed by atoms with van der Waals surface area (Å²) in [6.07, 6.45) is -0.283. The van der Waals surface area contributed by atoms with Crippen LogP contribution in [0.4, 0.5) is 0 Å². The first-order valence-electron chi connectivity index (χ1n) is 5.57. The van der Waals surface area contributed by atoms with Crippen LogP contribution < -0.4 is 5.32 Å². The van der Waals surface area contributed by atoms with E-state index in [0.29, 0.717) is 6.54 Å². The Hall–Kier alpha value is -0.940. The Kier molecular flexibility index (Phi) is 2.44. The molecule has 2 saturated heterocycles. The van der Waals surface area contributed by atoms with Crippen LogP contribution in [0.2, 0.25) is 0 Å². The SMILES string of the molecule is OC[C@H]1O[C@@]2(c3ccccc3)CNC[C@@H]1O2. The molecule has 3 atom stereocenters. The van der Waals surface area contributed by atoms with E-state index >= 15 is 0 Å². The molecule has 0 amide bonds. The molecule has 0 unspecified atom stereocenters. The van der Waals surface area contributed by atoms with E-state index in [2.05, 4.69) is 5.32 Å². The van der Waals surface area contributed by atoms with Gasteiger partial charge in [0.1, 0.15) is 12.2 Å². The maximum absolute atomic E-state index is 9.24. The molecule has 0 saturated carbocycles. The number of aliphatic hydroxyl groups is 1. The van der Waals surface area contributed by atoms with Crippen LogP contribution in [0.15, 0.2) is 30.3 Å². The van der Waals surface area contributed by atoms with Crippen LogP contribution in [0.25, 0.3) is 0 Å². The summed E-state index contributed by atoms with van der Waals surface area (Å²) in [7, 11) is 0. The zero-order chi connectivity index (χ0) is 11.0. The van der Waals surface area contributed by atoms with Gasteiger partial charge in [-0.2, -0.15) is 0 Å². The number of hydrogen-bond donors (Lipinski definition) is 2. The van der Waals surface area contributed by atoms with Gasteiger partial charge in [-0.25, -0.2) is 0 Å². The van der Waals surface area contributed by atoms with Gasteiger partial charge in [0.15, 0.2) is 0 Å². The second-order valence-electron chi connectivity index (χ2n) is 4.25. The van der Waals surface area contributed by atoms with Crippen molar-refractivity contribution >= 4 is 0 Å². The van der Waals surface area contributed by atoms with Crippen LogP contribution in [0.3, 0.4) is 0 Å². The fourth-order valence-electron chi connectivity index (χ4n) is 2.39. The van der Waals surface area contributed by atoms with Crippen LogP contribution in [0.1, 0.15) is 5.56 Å². The third-order valence-corrected chi connectivity index (χ3v) is 3.19. The van der Waals surface area contributed by atoms with Gasteiger partial charge in [-0.3, -0.25) is 0 Å². The number of morpholine rings is 1. The van der Waals surface area contributed by atoms with Crippen LogP contribution in [-0.4, -0.2) is 37.0 Å². The van der Waals surface area contributed by atoms with Gasteiger partial charge in [0.25, 0.3) is 0 Å². The van der Waals surface area contributed by atoms with Gasteiger partial charge in [0, 0.05) is 12.1 Å². The Bertz CT molecular complexity index is 370. The highest BCUT2D eigenvalue weighted by Gasteiger charge is 2.51. The van der Waals surface area contributed by atoms with E-state index in [1.807, 2.05) is 30.3 Å². The molecule has 4 heteroatoms. The predicted octanol–water partition coefficient (Wildman–Crippen LogP) is 0.219. The summed E-state index contributed by atoms with van der Waals surface area (Å²) in [5.41, 5.74) is 1.00. The number of hydrogen-bond acceptors (Lipinski definition) is 4. The van der Waals surface area contributed by atoms with Gasteiger partial charge in [0.05, 0.1) is 13.2 Å². The molecule has 2 bridgehead atoms. The van der Waals surface area contributed by atoms with Crippen LogP contribution >= 0.6 is 0 Å². The molecule has 4 nitrogen and oxygen atoms in total. The standard InChI is InChI=1S/C12H15NO3/c14-7-11-10-6-13-8-12(15-10,16-11)9-4-2-1-3-5-9/h1-5,10-11,13-14H,6-8H2/t10-,11+,12+/m0/s1. The molecule has 0 aromatic heterocycles. The lowest BCUT2D eigenvalue weighted by Crippen LogP contribution is -2.47. The molecule has 2 N–H and O–H groups in total. The minimum Gasteiger partial charge on any atom is -0.394 e. The molecule has 1 aromatic carbocycles. The van der Waals surface area contributed by atoms with Gasteiger partial charge in [0.2, 0.25) is 5.79 Å². The fourth-order valence-corrected chi connectivity index (χ4v) is 2.39. The second kappa shape index (κ2) is 3.82. The van der Waals surface area contributed by atoms with E-state index in [4.69, 9.17) is 9.47 Å². The lowest BCUT2D eigenvalue weighted by molar-refractivity contribution is -0.193. The summed E-state index contributed by atoms with van der Waals surface area (Å²) >= 11 is 0. The first kappa shape index (κ1) is 10.2. The van der Waals surface area contributed by atoms with Crippen molar-refractivity contribution in [1.29, 1.82) is 0 Å². The average Bonchev–Trinajstić information content (AvgIpc) is 2.62. The Labute approximate surface area is 94.2 Å². The Morgan fingerprint density at radius 1 is 1.31 bits per heavy atom. The predicted molar refractivity (Wildman–Crippen MR) is 57.8 cm³/mol. The Balaban J connectivity index is 1.94. The molecule has 3 rings (SSSR count). The maximum Gasteiger partial charge on any atom is 0.208 e. The highest BCUT2D eigenvalue weighted by atomic mass is 16.8. The number of rotatable bonds is 2. The largest absolute Gasteiger partial charge is 0.394 e. The summed E-state index contributed by atoms with van der Waals surface area (Å²) < 4.78 is 11.8. The first-order valence-corrected chi connectivity index (χ1v) is 5.57. The van der Waals surface area contributed by atoms with E-state index < -0.39 is 5.79 Å². The number of fused-ring (bicyclic) bond motifs is 2. The monoisotopic (exact) mass is 221 g/mol. The third kappa shape index (κ3) is 1.46. The van der Waals surface area contributed by atoms with E-state index in [1.54, 1.807) is 0 Å². The normalized spacial score (nSPS) is 37.6. The van der Waals surface area contributed by atoms with Crippen LogP contribution in [0, 0.1) is 0 Å². The zero-order valence-electron chi connectivity index (χ0n) is 8.93. The number of aliphatic hydroxyl groups excluding tert-OH is 1. The molecule has 2 fully saturated rings. The van der Waals surface area contributed by atoms with Gasteiger partial charge >= 0.3 is 0 Å². The number of ether oxygens (including phenoxy) is 2. The lowest BCUT2D eigenvalue weighted by Gasteiger charge is -2.32. The van der Waals surface area contributed by atoms with Crippen molar-refractivity contribution < 1.29 is 14.6 Å². The molecule has 0 spiro atoms. The molecule has 86 valence electrons. The fraction of sp³-hybridized carbons (Fsp3) is 0.500. The van der Waals surface area contributed by atoms with E-state index in [0.717, 1.165) is 12.1 Å². The highest BCUT2D eigenvalue weighted by molar-refractivity contribution is 5.23. The summed E-state index contributed by atoms with van der Waals surface area (Å²) in [6, 6.07) is 9.87. The summed E-state index contributed by atoms with van der Waals surface area (Å²) in [4.78, 5) is 0. The lowest BCUT2D eigenvalue weighted by atomic mass is 10.1. The molecule has 0 aliphatic carbocycles. The number of benzene rings is 1. The average molecular weight is 221 g/mol. The van der Waals surface area contributed by atoms with Crippen LogP contribution in [-0.2, 0) is 15.3 Å². The molecule has 0 radical (unpaired) electrons. The molecule has 1 aromatic rings. The molecule has 16 heavy (non-hydrogen) atoms. The molecule has 2 aliphatic heterocycles. The van der Waals surface area contributed by atoms with E-state index in [1.165, 1.54) is 0 Å². The Morgan fingerprint density at radius 2 is 2.12 bits per heavy atom. The first-order chi connectivity index (χ1) is 7.84. The van der Waals surface area contributed by atoms with Crippen molar-refractivity contribution in [3.63, 3.8) is 0 Å². The van der Waals surface area contributed by atoms with Crippen molar-refractivity contribution in [3.05, 3.63) is 35.9 Å². The van der Waals surface area contributed by atoms with Crippen molar-refractivity contribution in [2.45, 2.75) is 18.0 Å². The Morgan fingerprint density at radius 3 is 2.88 bits per heavy atom. The quantitative estimate of drug-likeness (QED) is 0.750. The smallest absolute Gasteiger partial charge is 0.208 e. The second-order valence-corrected chi connectivity index (χ2v) is 4.25. The summed E-state index contributed by atoms with van der Waals surface area (Å²) in [6.45, 7) is 1.37. The molecular formula is C12H15NO3.